The predicted octanol–water partition coefficient (Wildman–Crippen LogP) is 3.18. The molecule has 1 aromatic carbocycles. The molecule has 0 radical (unpaired) electrons. The molecule has 0 atom stereocenters. The van der Waals surface area contributed by atoms with Crippen molar-refractivity contribution in [2.45, 2.75) is 58.4 Å². The number of piperidine rings is 1. The summed E-state index contributed by atoms with van der Waals surface area (Å²) >= 11 is 0. The molecule has 2 rings (SSSR count). The molecule has 1 aliphatic rings. The first-order chi connectivity index (χ1) is 13.5. The number of nitrogens with zero attached hydrogens (tertiary/aromatic N) is 1. The first-order valence-electron chi connectivity index (χ1n) is 10.3. The topological polar surface area (TPSA) is 67.9 Å². The van der Waals surface area contributed by atoms with Crippen LogP contribution in [0.1, 0.15) is 51.5 Å². The summed E-state index contributed by atoms with van der Waals surface area (Å²) < 4.78 is 10.5. The van der Waals surface area contributed by atoms with E-state index >= 15 is 0 Å². The molecule has 1 N–H and O–H groups in total. The summed E-state index contributed by atoms with van der Waals surface area (Å²) in [5.74, 6) is 1.82. The van der Waals surface area contributed by atoms with Crippen molar-refractivity contribution in [3.05, 3.63) is 23.8 Å². The summed E-state index contributed by atoms with van der Waals surface area (Å²) in [7, 11) is 3.21. The Balaban J connectivity index is 1.76. The fourth-order valence-electron chi connectivity index (χ4n) is 3.73. The Kier molecular flexibility index (Phi) is 8.61. The average molecular weight is 391 g/mol. The van der Waals surface area contributed by atoms with E-state index < -0.39 is 0 Å². The van der Waals surface area contributed by atoms with Crippen LogP contribution in [0, 0.1) is 5.92 Å². The van der Waals surface area contributed by atoms with E-state index in [4.69, 9.17) is 9.47 Å². The average Bonchev–Trinajstić information content (AvgIpc) is 2.73. The smallest absolute Gasteiger partial charge is 0.225 e. The van der Waals surface area contributed by atoms with Crippen molar-refractivity contribution < 1.29 is 19.1 Å². The van der Waals surface area contributed by atoms with E-state index in [1.807, 2.05) is 23.1 Å². The second-order valence-electron chi connectivity index (χ2n) is 7.37. The van der Waals surface area contributed by atoms with E-state index in [1.165, 1.54) is 0 Å². The van der Waals surface area contributed by atoms with Gasteiger partial charge in [-0.25, -0.2) is 0 Å². The summed E-state index contributed by atoms with van der Waals surface area (Å²) in [6, 6.07) is 5.88. The number of aryl methyl sites for hydroxylation is 1. The van der Waals surface area contributed by atoms with Gasteiger partial charge in [-0.15, -0.1) is 0 Å². The number of likely N-dealkylation sites (tertiary alicyclic amines) is 1. The Morgan fingerprint density at radius 1 is 1.11 bits per heavy atom. The van der Waals surface area contributed by atoms with Crippen LogP contribution in [-0.4, -0.2) is 50.1 Å². The molecule has 1 aromatic rings. The summed E-state index contributed by atoms with van der Waals surface area (Å²) in [4.78, 5) is 26.8. The van der Waals surface area contributed by atoms with Crippen molar-refractivity contribution >= 4 is 11.8 Å². The van der Waals surface area contributed by atoms with E-state index in [1.54, 1.807) is 14.2 Å². The standard InChI is InChI=1S/C22H34N2O4/c1-5-17(6-2)22(26)24-13-11-18(12-14-24)23-21(25)10-8-16-7-9-19(27-3)20(15-16)28-4/h7,9,15,17-18H,5-6,8,10-14H2,1-4H3,(H,23,25). The lowest BCUT2D eigenvalue weighted by atomic mass is 9.98. The van der Waals surface area contributed by atoms with E-state index in [9.17, 15) is 9.59 Å². The van der Waals surface area contributed by atoms with Crippen molar-refractivity contribution in [1.82, 2.24) is 10.2 Å². The number of methoxy groups -OCH3 is 2. The number of amides is 2. The second-order valence-corrected chi connectivity index (χ2v) is 7.37. The van der Waals surface area contributed by atoms with Gasteiger partial charge in [-0.3, -0.25) is 9.59 Å². The van der Waals surface area contributed by atoms with Gasteiger partial charge in [0.15, 0.2) is 11.5 Å². The molecular weight excluding hydrogens is 356 g/mol. The molecule has 1 heterocycles. The van der Waals surface area contributed by atoms with Gasteiger partial charge in [-0.05, 0) is 49.8 Å². The van der Waals surface area contributed by atoms with Crippen LogP contribution in [0.4, 0.5) is 0 Å². The SMILES string of the molecule is CCC(CC)C(=O)N1CCC(NC(=O)CCc2ccc(OC)c(OC)c2)CC1. The summed E-state index contributed by atoms with van der Waals surface area (Å²) in [6.45, 7) is 5.60. The molecule has 0 bridgehead atoms. The van der Waals surface area contributed by atoms with Gasteiger partial charge in [0, 0.05) is 31.5 Å². The van der Waals surface area contributed by atoms with Gasteiger partial charge in [0.1, 0.15) is 0 Å². The highest BCUT2D eigenvalue weighted by atomic mass is 16.5. The Bertz CT molecular complexity index is 650. The normalized spacial score (nSPS) is 14.8. The van der Waals surface area contributed by atoms with E-state index in [-0.39, 0.29) is 23.8 Å². The molecule has 0 saturated carbocycles. The minimum atomic E-state index is 0.0551. The van der Waals surface area contributed by atoms with Gasteiger partial charge < -0.3 is 19.7 Å². The van der Waals surface area contributed by atoms with Crippen molar-refractivity contribution in [3.8, 4) is 11.5 Å². The predicted molar refractivity (Wildman–Crippen MR) is 110 cm³/mol. The highest BCUT2D eigenvalue weighted by molar-refractivity contribution is 5.79. The van der Waals surface area contributed by atoms with Gasteiger partial charge >= 0.3 is 0 Å². The lowest BCUT2D eigenvalue weighted by Crippen LogP contribution is -2.48. The van der Waals surface area contributed by atoms with Crippen molar-refractivity contribution in [3.63, 3.8) is 0 Å². The molecule has 0 spiro atoms. The van der Waals surface area contributed by atoms with E-state index in [0.717, 1.165) is 44.3 Å². The van der Waals surface area contributed by atoms with Crippen LogP contribution in [-0.2, 0) is 16.0 Å². The van der Waals surface area contributed by atoms with Gasteiger partial charge in [0.2, 0.25) is 11.8 Å². The van der Waals surface area contributed by atoms with E-state index in [2.05, 4.69) is 19.2 Å². The maximum Gasteiger partial charge on any atom is 0.225 e. The zero-order valence-electron chi connectivity index (χ0n) is 17.6. The van der Waals surface area contributed by atoms with Crippen LogP contribution in [0.3, 0.4) is 0 Å². The van der Waals surface area contributed by atoms with Crippen LogP contribution < -0.4 is 14.8 Å². The molecule has 156 valence electrons. The molecule has 1 saturated heterocycles. The third-order valence-electron chi connectivity index (χ3n) is 5.60. The lowest BCUT2D eigenvalue weighted by molar-refractivity contribution is -0.137. The third kappa shape index (κ3) is 5.88. The quantitative estimate of drug-likeness (QED) is 0.703. The van der Waals surface area contributed by atoms with Gasteiger partial charge in [-0.1, -0.05) is 19.9 Å². The molecule has 0 aliphatic carbocycles. The van der Waals surface area contributed by atoms with Gasteiger partial charge in [-0.2, -0.15) is 0 Å². The molecule has 1 fully saturated rings. The number of carbonyl (C=O) groups is 2. The van der Waals surface area contributed by atoms with Crippen LogP contribution in [0.5, 0.6) is 11.5 Å². The van der Waals surface area contributed by atoms with Crippen molar-refractivity contribution in [2.24, 2.45) is 5.92 Å². The van der Waals surface area contributed by atoms with Gasteiger partial charge in [0.05, 0.1) is 14.2 Å². The summed E-state index contributed by atoms with van der Waals surface area (Å²) in [5, 5.41) is 3.12. The number of rotatable bonds is 9. The fraction of sp³-hybridized carbons (Fsp3) is 0.636. The van der Waals surface area contributed by atoms with Crippen LogP contribution in [0.25, 0.3) is 0 Å². The zero-order valence-corrected chi connectivity index (χ0v) is 17.6. The molecule has 1 aliphatic heterocycles. The van der Waals surface area contributed by atoms with Crippen LogP contribution >= 0.6 is 0 Å². The Labute approximate surface area is 168 Å². The minimum absolute atomic E-state index is 0.0551. The van der Waals surface area contributed by atoms with Crippen molar-refractivity contribution in [2.75, 3.05) is 27.3 Å². The number of benzene rings is 1. The molecule has 2 amide bonds. The zero-order chi connectivity index (χ0) is 20.5. The largest absolute Gasteiger partial charge is 0.493 e. The third-order valence-corrected chi connectivity index (χ3v) is 5.60. The highest BCUT2D eigenvalue weighted by Gasteiger charge is 2.27. The number of carbonyl (C=O) groups excluding carboxylic acids is 2. The van der Waals surface area contributed by atoms with Crippen LogP contribution in [0.15, 0.2) is 18.2 Å². The molecule has 28 heavy (non-hydrogen) atoms. The molecule has 0 unspecified atom stereocenters. The molecule has 6 nitrogen and oxygen atoms in total. The highest BCUT2D eigenvalue weighted by Crippen LogP contribution is 2.28. The number of hydrogen-bond donors (Lipinski definition) is 1. The first-order valence-corrected chi connectivity index (χ1v) is 10.3. The number of hydrogen-bond acceptors (Lipinski definition) is 4. The van der Waals surface area contributed by atoms with Crippen LogP contribution in [0.2, 0.25) is 0 Å². The first kappa shape index (κ1) is 22.1. The minimum Gasteiger partial charge on any atom is -0.493 e. The summed E-state index contributed by atoms with van der Waals surface area (Å²) in [6.07, 6.45) is 4.52. The Morgan fingerprint density at radius 3 is 2.32 bits per heavy atom. The molecular formula is C22H34N2O4. The molecule has 6 heteroatoms. The second kappa shape index (κ2) is 10.9. The number of ether oxygens (including phenoxy) is 2. The maximum atomic E-state index is 12.5. The lowest BCUT2D eigenvalue weighted by Gasteiger charge is -2.34. The fourth-order valence-corrected chi connectivity index (χ4v) is 3.73. The van der Waals surface area contributed by atoms with Crippen molar-refractivity contribution in [1.29, 1.82) is 0 Å². The Morgan fingerprint density at radius 2 is 1.75 bits per heavy atom. The van der Waals surface area contributed by atoms with E-state index in [0.29, 0.717) is 24.3 Å². The monoisotopic (exact) mass is 390 g/mol. The Hall–Kier alpha value is -2.24. The number of nitrogens with one attached hydrogen (secondary N) is 1. The van der Waals surface area contributed by atoms with Gasteiger partial charge in [0.25, 0.3) is 0 Å². The molecule has 0 aromatic heterocycles. The summed E-state index contributed by atoms with van der Waals surface area (Å²) in [5.41, 5.74) is 1.04. The maximum absolute atomic E-state index is 12.5.